The van der Waals surface area contributed by atoms with Crippen molar-refractivity contribution in [2.45, 2.75) is 70.1 Å². The molecule has 3 heteroatoms. The number of nitrogens with zero attached hydrogens (tertiary/aromatic N) is 1. The second kappa shape index (κ2) is 6.72. The van der Waals surface area contributed by atoms with E-state index in [1.807, 2.05) is 0 Å². The van der Waals surface area contributed by atoms with Crippen LogP contribution < -0.4 is 5.73 Å². The van der Waals surface area contributed by atoms with Crippen molar-refractivity contribution in [2.75, 3.05) is 19.7 Å². The molecule has 0 aromatic rings. The van der Waals surface area contributed by atoms with Gasteiger partial charge in [0.2, 0.25) is 0 Å². The fraction of sp³-hybridized carbons (Fsp3) is 1.00. The molecule has 17 heavy (non-hydrogen) atoms. The molecule has 2 fully saturated rings. The second-order valence-electron chi connectivity index (χ2n) is 5.50. The normalized spacial score (nSPS) is 33.5. The van der Waals surface area contributed by atoms with Crippen LogP contribution in [0.2, 0.25) is 0 Å². The van der Waals surface area contributed by atoms with Crippen molar-refractivity contribution in [3.8, 4) is 0 Å². The molecule has 2 rings (SSSR count). The predicted octanol–water partition coefficient (Wildman–Crippen LogP) is 2.15. The lowest BCUT2D eigenvalue weighted by Gasteiger charge is -2.38. The molecule has 2 aliphatic heterocycles. The Morgan fingerprint density at radius 1 is 1.24 bits per heavy atom. The van der Waals surface area contributed by atoms with Crippen LogP contribution in [-0.4, -0.2) is 42.8 Å². The zero-order valence-corrected chi connectivity index (χ0v) is 11.2. The van der Waals surface area contributed by atoms with E-state index in [4.69, 9.17) is 10.5 Å². The molecular weight excluding hydrogens is 212 g/mol. The summed E-state index contributed by atoms with van der Waals surface area (Å²) in [6, 6.07) is 1.19. The van der Waals surface area contributed by atoms with Crippen molar-refractivity contribution in [1.82, 2.24) is 4.90 Å². The van der Waals surface area contributed by atoms with Crippen LogP contribution in [-0.2, 0) is 4.74 Å². The predicted molar refractivity (Wildman–Crippen MR) is 71.1 cm³/mol. The molecule has 2 heterocycles. The highest BCUT2D eigenvalue weighted by molar-refractivity contribution is 4.88. The molecule has 0 aromatic heterocycles. The van der Waals surface area contributed by atoms with Gasteiger partial charge in [-0.2, -0.15) is 0 Å². The quantitative estimate of drug-likeness (QED) is 0.818. The number of hydrogen-bond donors (Lipinski definition) is 1. The van der Waals surface area contributed by atoms with Gasteiger partial charge in [-0.25, -0.2) is 0 Å². The van der Waals surface area contributed by atoms with E-state index in [9.17, 15) is 0 Å². The van der Waals surface area contributed by atoms with Crippen LogP contribution in [0.5, 0.6) is 0 Å². The highest BCUT2D eigenvalue weighted by atomic mass is 16.5. The van der Waals surface area contributed by atoms with Gasteiger partial charge in [0.1, 0.15) is 0 Å². The van der Waals surface area contributed by atoms with E-state index in [-0.39, 0.29) is 0 Å². The first-order chi connectivity index (χ1) is 8.36. The van der Waals surface area contributed by atoms with E-state index in [1.54, 1.807) is 0 Å². The van der Waals surface area contributed by atoms with E-state index < -0.39 is 0 Å². The number of likely N-dealkylation sites (tertiary alicyclic amines) is 1. The van der Waals surface area contributed by atoms with Gasteiger partial charge in [0, 0.05) is 25.2 Å². The fourth-order valence-electron chi connectivity index (χ4n) is 3.48. The van der Waals surface area contributed by atoms with E-state index in [0.717, 1.165) is 19.2 Å². The Kier molecular flexibility index (Phi) is 5.26. The van der Waals surface area contributed by atoms with Crippen molar-refractivity contribution >= 4 is 0 Å². The van der Waals surface area contributed by atoms with Crippen molar-refractivity contribution in [2.24, 2.45) is 5.73 Å². The molecule has 3 nitrogen and oxygen atoms in total. The van der Waals surface area contributed by atoms with Gasteiger partial charge in [-0.15, -0.1) is 0 Å². The summed E-state index contributed by atoms with van der Waals surface area (Å²) in [6.45, 7) is 5.22. The van der Waals surface area contributed by atoms with Crippen molar-refractivity contribution in [3.63, 3.8) is 0 Å². The first kappa shape index (κ1) is 13.3. The van der Waals surface area contributed by atoms with Crippen LogP contribution in [0.15, 0.2) is 0 Å². The highest BCUT2D eigenvalue weighted by Gasteiger charge is 2.33. The summed E-state index contributed by atoms with van der Waals surface area (Å²) in [7, 11) is 0. The summed E-state index contributed by atoms with van der Waals surface area (Å²) < 4.78 is 5.87. The smallest absolute Gasteiger partial charge is 0.0743 e. The molecule has 0 aromatic carbocycles. The summed E-state index contributed by atoms with van der Waals surface area (Å²) in [4.78, 5) is 2.67. The molecule has 0 radical (unpaired) electrons. The topological polar surface area (TPSA) is 38.5 Å². The minimum Gasteiger partial charge on any atom is -0.377 e. The van der Waals surface area contributed by atoms with Crippen LogP contribution in [0, 0.1) is 0 Å². The highest BCUT2D eigenvalue weighted by Crippen LogP contribution is 2.26. The fourth-order valence-corrected chi connectivity index (χ4v) is 3.48. The van der Waals surface area contributed by atoms with Crippen molar-refractivity contribution < 1.29 is 4.74 Å². The van der Waals surface area contributed by atoms with Gasteiger partial charge in [-0.3, -0.25) is 4.90 Å². The monoisotopic (exact) mass is 240 g/mol. The summed E-state index contributed by atoms with van der Waals surface area (Å²) in [6.07, 6.45) is 9.52. The van der Waals surface area contributed by atoms with Crippen molar-refractivity contribution in [1.29, 1.82) is 0 Å². The maximum Gasteiger partial charge on any atom is 0.0743 e. The number of hydrogen-bond acceptors (Lipinski definition) is 3. The summed E-state index contributed by atoms with van der Waals surface area (Å²) in [5, 5.41) is 0. The Morgan fingerprint density at radius 2 is 2.12 bits per heavy atom. The molecule has 0 aliphatic carbocycles. The maximum absolute atomic E-state index is 6.03. The molecule has 3 unspecified atom stereocenters. The van der Waals surface area contributed by atoms with Gasteiger partial charge in [-0.05, 0) is 38.6 Å². The summed E-state index contributed by atoms with van der Waals surface area (Å²) in [5.41, 5.74) is 6.03. The van der Waals surface area contributed by atoms with Gasteiger partial charge >= 0.3 is 0 Å². The molecule has 2 aliphatic rings. The lowest BCUT2D eigenvalue weighted by atomic mass is 10.0. The van der Waals surface area contributed by atoms with Crippen LogP contribution in [0.1, 0.15) is 51.9 Å². The zero-order chi connectivity index (χ0) is 12.1. The van der Waals surface area contributed by atoms with E-state index in [1.165, 1.54) is 51.5 Å². The van der Waals surface area contributed by atoms with Gasteiger partial charge in [-0.1, -0.05) is 19.8 Å². The third kappa shape index (κ3) is 3.21. The average Bonchev–Trinajstić information content (AvgIpc) is 2.76. The van der Waals surface area contributed by atoms with Gasteiger partial charge in [0.25, 0.3) is 0 Å². The third-order valence-corrected chi connectivity index (χ3v) is 4.46. The lowest BCUT2D eigenvalue weighted by molar-refractivity contribution is 0.00845. The molecule has 0 bridgehead atoms. The Labute approximate surface area is 106 Å². The van der Waals surface area contributed by atoms with Crippen LogP contribution >= 0.6 is 0 Å². The Morgan fingerprint density at radius 3 is 2.76 bits per heavy atom. The molecule has 3 atom stereocenters. The summed E-state index contributed by atoms with van der Waals surface area (Å²) in [5.74, 6) is 0. The third-order valence-electron chi connectivity index (χ3n) is 4.46. The molecule has 0 amide bonds. The van der Waals surface area contributed by atoms with E-state index >= 15 is 0 Å². The number of nitrogens with two attached hydrogens (primary N) is 1. The number of ether oxygens (including phenoxy) is 1. The summed E-state index contributed by atoms with van der Waals surface area (Å²) >= 11 is 0. The Balaban J connectivity index is 2.03. The molecule has 100 valence electrons. The van der Waals surface area contributed by atoms with Crippen LogP contribution in [0.3, 0.4) is 0 Å². The maximum atomic E-state index is 6.03. The molecule has 2 saturated heterocycles. The van der Waals surface area contributed by atoms with Gasteiger partial charge in [0.05, 0.1) is 6.10 Å². The lowest BCUT2D eigenvalue weighted by Crippen LogP contribution is -2.52. The minimum atomic E-state index is 0.396. The Hall–Kier alpha value is -0.120. The molecular formula is C14H28N2O. The standard InChI is InChI=1S/C14H28N2O/c1-2-12-7-4-3-5-9-16(12)13(11-15)14-8-6-10-17-14/h12-14H,2-11,15H2,1H3. The number of rotatable bonds is 4. The first-order valence-electron chi connectivity index (χ1n) is 7.44. The SMILES string of the molecule is CCC1CCCCCN1C(CN)C1CCCO1. The first-order valence-corrected chi connectivity index (χ1v) is 7.44. The Bertz CT molecular complexity index is 216. The largest absolute Gasteiger partial charge is 0.377 e. The molecule has 0 spiro atoms. The van der Waals surface area contributed by atoms with Gasteiger partial charge in [0.15, 0.2) is 0 Å². The van der Waals surface area contributed by atoms with E-state index in [0.29, 0.717) is 12.1 Å². The second-order valence-corrected chi connectivity index (χ2v) is 5.50. The molecule has 2 N–H and O–H groups in total. The molecule has 0 saturated carbocycles. The minimum absolute atomic E-state index is 0.396. The average molecular weight is 240 g/mol. The zero-order valence-electron chi connectivity index (χ0n) is 11.2. The van der Waals surface area contributed by atoms with Crippen LogP contribution in [0.4, 0.5) is 0 Å². The van der Waals surface area contributed by atoms with Crippen LogP contribution in [0.25, 0.3) is 0 Å². The van der Waals surface area contributed by atoms with E-state index in [2.05, 4.69) is 11.8 Å². The van der Waals surface area contributed by atoms with Crippen molar-refractivity contribution in [3.05, 3.63) is 0 Å². The van der Waals surface area contributed by atoms with Gasteiger partial charge < -0.3 is 10.5 Å².